The first-order valence-corrected chi connectivity index (χ1v) is 4.14. The molecule has 0 aromatic carbocycles. The van der Waals surface area contributed by atoms with E-state index < -0.39 is 25.0 Å². The standard InChI is InChI=1S/2C4H7NO3.Ti/c2*1-3(6)5-2-4(7)8;/h2*2H2,1H3,(H,5,6)(H,7,8);/q;;+2/p-2. The first-order chi connectivity index (χ1) is 7.25. The summed E-state index contributed by atoms with van der Waals surface area (Å²) < 4.78 is 0. The predicted molar refractivity (Wildman–Crippen MR) is 47.4 cm³/mol. The molecular formula is C8H12N2O6Ti. The molecule has 0 aliphatic carbocycles. The van der Waals surface area contributed by atoms with E-state index in [0.29, 0.717) is 0 Å². The van der Waals surface area contributed by atoms with Crippen LogP contribution in [0.15, 0.2) is 0 Å². The van der Waals surface area contributed by atoms with Crippen LogP contribution in [0.2, 0.25) is 0 Å². The molecule has 17 heavy (non-hydrogen) atoms. The Bertz CT molecular complexity index is 225. The molecule has 0 aromatic heterocycles. The van der Waals surface area contributed by atoms with E-state index in [1.54, 1.807) is 0 Å². The first-order valence-electron chi connectivity index (χ1n) is 4.14. The second-order valence-corrected chi connectivity index (χ2v) is 2.56. The number of hydrogen-bond donors (Lipinski definition) is 2. The van der Waals surface area contributed by atoms with Gasteiger partial charge in [-0.15, -0.1) is 0 Å². The van der Waals surface area contributed by atoms with Crippen molar-refractivity contribution in [2.45, 2.75) is 13.8 Å². The molecule has 0 unspecified atom stereocenters. The van der Waals surface area contributed by atoms with Gasteiger partial charge in [0.15, 0.2) is 0 Å². The largest absolute Gasteiger partial charge is 2.00 e. The Morgan fingerprint density at radius 1 is 0.824 bits per heavy atom. The van der Waals surface area contributed by atoms with Crippen molar-refractivity contribution in [3.63, 3.8) is 0 Å². The van der Waals surface area contributed by atoms with Gasteiger partial charge in [-0.3, -0.25) is 9.59 Å². The maximum Gasteiger partial charge on any atom is 2.00 e. The van der Waals surface area contributed by atoms with Crippen LogP contribution in [0, 0.1) is 0 Å². The van der Waals surface area contributed by atoms with Gasteiger partial charge in [0.2, 0.25) is 11.8 Å². The zero-order valence-corrected chi connectivity index (χ0v) is 10.9. The maximum atomic E-state index is 9.95. The molecule has 0 saturated carbocycles. The minimum absolute atomic E-state index is 0. The molecule has 0 rings (SSSR count). The second-order valence-electron chi connectivity index (χ2n) is 2.56. The molecule has 0 fully saturated rings. The number of amides is 2. The average Bonchev–Trinajstić information content (AvgIpc) is 2.12. The van der Waals surface area contributed by atoms with Crippen LogP contribution in [0.25, 0.3) is 0 Å². The molecule has 0 aliphatic heterocycles. The quantitative estimate of drug-likeness (QED) is 0.500. The zero-order valence-electron chi connectivity index (χ0n) is 9.36. The molecule has 0 spiro atoms. The second kappa shape index (κ2) is 12.7. The van der Waals surface area contributed by atoms with Crippen molar-refractivity contribution in [3.05, 3.63) is 0 Å². The van der Waals surface area contributed by atoms with Gasteiger partial charge in [-0.05, 0) is 0 Å². The van der Waals surface area contributed by atoms with E-state index in [4.69, 9.17) is 0 Å². The topological polar surface area (TPSA) is 138 Å². The molecule has 0 saturated heterocycles. The fraction of sp³-hybridized carbons (Fsp3) is 0.500. The van der Waals surface area contributed by atoms with Gasteiger partial charge in [-0.1, -0.05) is 0 Å². The Kier molecular flexibility index (Phi) is 15.6. The van der Waals surface area contributed by atoms with Crippen LogP contribution in [-0.2, 0) is 40.9 Å². The average molecular weight is 280 g/mol. The number of nitrogens with one attached hydrogen (secondary N) is 2. The number of aliphatic carboxylic acids is 2. The number of hydrogen-bond acceptors (Lipinski definition) is 6. The fourth-order valence-corrected chi connectivity index (χ4v) is 0.393. The summed E-state index contributed by atoms with van der Waals surface area (Å²) in [5, 5.41) is 23.2. The fourth-order valence-electron chi connectivity index (χ4n) is 0.393. The minimum Gasteiger partial charge on any atom is -0.548 e. The molecule has 0 atom stereocenters. The summed E-state index contributed by atoms with van der Waals surface area (Å²) in [5.74, 6) is -3.29. The number of carbonyl (C=O) groups excluding carboxylic acids is 4. The number of rotatable bonds is 4. The van der Waals surface area contributed by atoms with Gasteiger partial charge in [-0.25, -0.2) is 0 Å². The monoisotopic (exact) mass is 280 g/mol. The predicted octanol–water partition coefficient (Wildman–Crippen LogP) is -4.26. The van der Waals surface area contributed by atoms with Crippen molar-refractivity contribution < 1.29 is 51.1 Å². The summed E-state index contributed by atoms with van der Waals surface area (Å²) in [6.07, 6.45) is 0. The Labute approximate surface area is 113 Å². The summed E-state index contributed by atoms with van der Waals surface area (Å²) in [6.45, 7) is 1.66. The Hall–Kier alpha value is -1.41. The molecular weight excluding hydrogens is 268 g/mol. The number of carbonyl (C=O) groups is 4. The molecule has 8 nitrogen and oxygen atoms in total. The van der Waals surface area contributed by atoms with E-state index in [0.717, 1.165) is 0 Å². The third-order valence-electron chi connectivity index (χ3n) is 0.963. The normalized spacial score (nSPS) is 7.65. The van der Waals surface area contributed by atoms with Crippen molar-refractivity contribution in [1.29, 1.82) is 0 Å². The van der Waals surface area contributed by atoms with Crippen molar-refractivity contribution in [1.82, 2.24) is 10.6 Å². The van der Waals surface area contributed by atoms with Crippen LogP contribution in [0.5, 0.6) is 0 Å². The number of carboxylic acids is 2. The summed E-state index contributed by atoms with van der Waals surface area (Å²) >= 11 is 0. The molecule has 0 bridgehead atoms. The Morgan fingerprint density at radius 3 is 1.12 bits per heavy atom. The van der Waals surface area contributed by atoms with Crippen LogP contribution in [0.4, 0.5) is 0 Å². The van der Waals surface area contributed by atoms with Gasteiger partial charge >= 0.3 is 21.7 Å². The third kappa shape index (κ3) is 31.3. The Balaban J connectivity index is -0.000000218. The molecule has 0 heterocycles. The molecule has 2 amide bonds. The smallest absolute Gasteiger partial charge is 0.548 e. The molecule has 0 aliphatic rings. The molecule has 0 radical (unpaired) electrons. The third-order valence-corrected chi connectivity index (χ3v) is 0.963. The zero-order chi connectivity index (χ0) is 13.1. The SMILES string of the molecule is CC(=O)NCC(=O)[O-].CC(=O)NCC(=O)[O-].[Ti+2]. The van der Waals surface area contributed by atoms with Crippen LogP contribution < -0.4 is 20.8 Å². The van der Waals surface area contributed by atoms with Crippen LogP contribution >= 0.6 is 0 Å². The van der Waals surface area contributed by atoms with E-state index in [1.165, 1.54) is 13.8 Å². The summed E-state index contributed by atoms with van der Waals surface area (Å²) in [7, 11) is 0. The minimum atomic E-state index is -1.28. The van der Waals surface area contributed by atoms with Crippen LogP contribution in [-0.4, -0.2) is 36.8 Å². The van der Waals surface area contributed by atoms with E-state index >= 15 is 0 Å². The van der Waals surface area contributed by atoms with Crippen molar-refractivity contribution in [2.75, 3.05) is 13.1 Å². The number of carboxylic acid groups (broad SMARTS) is 2. The van der Waals surface area contributed by atoms with Crippen LogP contribution in [0.1, 0.15) is 13.8 Å². The van der Waals surface area contributed by atoms with Crippen molar-refractivity contribution in [2.24, 2.45) is 0 Å². The van der Waals surface area contributed by atoms with E-state index in [1.807, 2.05) is 10.6 Å². The summed E-state index contributed by atoms with van der Waals surface area (Å²) in [6, 6.07) is 0. The van der Waals surface area contributed by atoms with Crippen molar-refractivity contribution in [3.8, 4) is 0 Å². The molecule has 94 valence electrons. The van der Waals surface area contributed by atoms with Gasteiger partial charge < -0.3 is 30.4 Å². The van der Waals surface area contributed by atoms with E-state index in [-0.39, 0.29) is 33.5 Å². The maximum absolute atomic E-state index is 9.95. The van der Waals surface area contributed by atoms with Gasteiger partial charge in [0.1, 0.15) is 0 Å². The molecule has 2 N–H and O–H groups in total. The first kappa shape index (κ1) is 20.9. The molecule has 9 heteroatoms. The van der Waals surface area contributed by atoms with Crippen LogP contribution in [0.3, 0.4) is 0 Å². The Morgan fingerprint density at radius 2 is 1.06 bits per heavy atom. The van der Waals surface area contributed by atoms with Gasteiger partial charge in [0.25, 0.3) is 0 Å². The van der Waals surface area contributed by atoms with E-state index in [2.05, 4.69) is 0 Å². The van der Waals surface area contributed by atoms with Gasteiger partial charge in [0, 0.05) is 13.8 Å². The van der Waals surface area contributed by atoms with Crippen molar-refractivity contribution >= 4 is 23.8 Å². The molecule has 0 aromatic rings. The van der Waals surface area contributed by atoms with Gasteiger partial charge in [-0.2, -0.15) is 0 Å². The summed E-state index contributed by atoms with van der Waals surface area (Å²) in [5.41, 5.74) is 0. The summed E-state index contributed by atoms with van der Waals surface area (Å²) in [4.78, 5) is 39.0. The van der Waals surface area contributed by atoms with Gasteiger partial charge in [0.05, 0.1) is 25.0 Å². The van der Waals surface area contributed by atoms with E-state index in [9.17, 15) is 29.4 Å².